The van der Waals surface area contributed by atoms with Gasteiger partial charge in [-0.15, -0.1) is 0 Å². The summed E-state index contributed by atoms with van der Waals surface area (Å²) >= 11 is 0. The van der Waals surface area contributed by atoms with Gasteiger partial charge in [0.2, 0.25) is 0 Å². The highest BCUT2D eigenvalue weighted by atomic mass is 16.3. The first-order chi connectivity index (χ1) is 37.2. The molecular formula is C49H30O. The molecule has 1 aliphatic carbocycles. The molecule has 0 aliphatic heterocycles. The predicted octanol–water partition coefficient (Wildman–Crippen LogP) is 13.6. The van der Waals surface area contributed by atoms with Crippen LogP contribution in [0.15, 0.2) is 174 Å². The molecule has 0 radical (unpaired) electrons. The highest BCUT2D eigenvalue weighted by Crippen LogP contribution is 2.48. The van der Waals surface area contributed by atoms with Gasteiger partial charge in [-0.05, 0) is 113 Å². The van der Waals surface area contributed by atoms with Gasteiger partial charge in [0.15, 0.2) is 0 Å². The summed E-state index contributed by atoms with van der Waals surface area (Å²) in [4.78, 5) is 0. The van der Waals surface area contributed by atoms with E-state index < -0.39 is 285 Å². The van der Waals surface area contributed by atoms with Crippen LogP contribution in [-0.2, 0) is 6.37 Å². The molecule has 10 aromatic rings. The van der Waals surface area contributed by atoms with E-state index in [4.69, 9.17) is 29.1 Å². The maximum absolute atomic E-state index is 9.95. The Kier molecular flexibility index (Phi) is 2.38. The number of hydrogen-bond acceptors (Lipinski definition) is 1. The second-order valence-corrected chi connectivity index (χ2v) is 11.1. The average molecular weight is 665 g/mol. The maximum Gasteiger partial charge on any atom is 0.143 e. The van der Waals surface area contributed by atoms with Crippen molar-refractivity contribution in [1.29, 1.82) is 0 Å². The number of hydrogen-bond donors (Lipinski definition) is 0. The van der Waals surface area contributed by atoms with Crippen molar-refractivity contribution in [3.05, 3.63) is 180 Å². The molecule has 1 heteroatoms. The van der Waals surface area contributed by atoms with Crippen molar-refractivity contribution in [2.75, 3.05) is 0 Å². The van der Waals surface area contributed by atoms with Gasteiger partial charge in [0.1, 0.15) is 11.2 Å². The molecule has 0 amide bonds. The smallest absolute Gasteiger partial charge is 0.143 e. The molecule has 232 valence electrons. The van der Waals surface area contributed by atoms with E-state index >= 15 is 0 Å². The molecule has 1 aromatic heterocycles. The average Bonchev–Trinajstić information content (AvgIpc) is 4.03. The molecule has 0 N–H and O–H groups in total. The number of rotatable bonds is 3. The Balaban J connectivity index is 1.40. The van der Waals surface area contributed by atoms with Crippen LogP contribution >= 0.6 is 0 Å². The summed E-state index contributed by atoms with van der Waals surface area (Å²) in [7, 11) is 0. The number of furan rings is 1. The van der Waals surface area contributed by atoms with Crippen molar-refractivity contribution in [1.82, 2.24) is 0 Å². The molecule has 0 saturated carbocycles. The van der Waals surface area contributed by atoms with Gasteiger partial charge in [-0.1, -0.05) is 145 Å². The molecule has 0 bridgehead atoms. The van der Waals surface area contributed by atoms with E-state index in [2.05, 4.69) is 0 Å². The van der Waals surface area contributed by atoms with Crippen molar-refractivity contribution >= 4 is 54.3 Å². The molecule has 0 saturated heterocycles. The highest BCUT2D eigenvalue weighted by Gasteiger charge is 2.22. The third-order valence-electron chi connectivity index (χ3n) is 8.50. The lowest BCUT2D eigenvalue weighted by atomic mass is 9.84. The van der Waals surface area contributed by atoms with Crippen LogP contribution in [0.5, 0.6) is 0 Å². The first kappa shape index (κ1) is 11.3. The molecule has 1 heterocycles. The predicted molar refractivity (Wildman–Crippen MR) is 211 cm³/mol. The van der Waals surface area contributed by atoms with E-state index in [1.165, 1.54) is 0 Å². The first-order valence-electron chi connectivity index (χ1n) is 29.9. The van der Waals surface area contributed by atoms with Gasteiger partial charge in [-0.25, -0.2) is 0 Å². The van der Waals surface area contributed by atoms with Crippen molar-refractivity contribution in [2.24, 2.45) is 0 Å². The Morgan fingerprint density at radius 2 is 1.04 bits per heavy atom. The Labute approximate surface area is 331 Å². The summed E-state index contributed by atoms with van der Waals surface area (Å²) in [5, 5.41) is -5.27. The van der Waals surface area contributed by atoms with E-state index in [-0.39, 0.29) is 0 Å². The van der Waals surface area contributed by atoms with Gasteiger partial charge in [-0.3, -0.25) is 0 Å². The van der Waals surface area contributed by atoms with Gasteiger partial charge < -0.3 is 4.42 Å². The molecule has 50 heavy (non-hydrogen) atoms. The monoisotopic (exact) mass is 664 g/mol. The van der Waals surface area contributed by atoms with Gasteiger partial charge in [-0.2, -0.15) is 0 Å². The second-order valence-electron chi connectivity index (χ2n) is 11.1. The lowest BCUT2D eigenvalue weighted by Gasteiger charge is -2.18. The van der Waals surface area contributed by atoms with Gasteiger partial charge in [0.25, 0.3) is 0 Å². The molecule has 1 aliphatic rings. The zero-order valence-corrected chi connectivity index (χ0v) is 24.9. The minimum atomic E-state index is -2.94. The largest absolute Gasteiger partial charge is 0.455 e. The molecule has 11 rings (SSSR count). The Morgan fingerprint density at radius 1 is 0.420 bits per heavy atom. The lowest BCUT2D eigenvalue weighted by molar-refractivity contribution is 0.673. The van der Waals surface area contributed by atoms with E-state index in [9.17, 15) is 16.4 Å². The van der Waals surface area contributed by atoms with E-state index in [1.54, 1.807) is 0 Å². The van der Waals surface area contributed by atoms with Crippen molar-refractivity contribution in [3.63, 3.8) is 0 Å². The fraction of sp³-hybridized carbons (Fsp3) is 0.0204. The van der Waals surface area contributed by atoms with Crippen molar-refractivity contribution in [3.8, 4) is 44.5 Å². The van der Waals surface area contributed by atoms with Crippen molar-refractivity contribution in [2.45, 2.75) is 6.37 Å². The minimum Gasteiger partial charge on any atom is -0.455 e. The van der Waals surface area contributed by atoms with Crippen LogP contribution in [0.4, 0.5) is 0 Å². The van der Waals surface area contributed by atoms with Gasteiger partial charge in [0, 0.05) is 18.9 Å². The van der Waals surface area contributed by atoms with E-state index in [0.29, 0.717) is 0 Å². The third-order valence-corrected chi connectivity index (χ3v) is 8.50. The summed E-state index contributed by atoms with van der Waals surface area (Å²) in [6, 6.07) is -27.0. The van der Waals surface area contributed by atoms with Gasteiger partial charge >= 0.3 is 0 Å². The first-order valence-corrected chi connectivity index (χ1v) is 14.9. The lowest BCUT2D eigenvalue weighted by Crippen LogP contribution is -1.92. The van der Waals surface area contributed by atoms with E-state index in [0.717, 1.165) is 0 Å². The third kappa shape index (κ3) is 3.95. The van der Waals surface area contributed by atoms with Crippen molar-refractivity contribution < 1.29 is 45.5 Å². The SMILES string of the molecule is [2H]c1c([2H])c(-c2c([2H])c([2H])c3c(c2[2H])-c2c([2H])c([2H])c([2H])c([2H])c2C3([2H])[2H])c([2H])c(-c2c3c([2H])c([2H])c([2H])c([2H])c3c(-c3c([2H])c([2H])c([2H])c4oc5c6c([2H])c([2H])c([2H])c([2H])c6c([2H])c([2H])c5c34)c3c([2H])c([2H])c([2H])c([2H])c23)c1[2H]. The summed E-state index contributed by atoms with van der Waals surface area (Å²) in [5.41, 5.74) is -8.95. The van der Waals surface area contributed by atoms with Crippen LogP contribution in [0.25, 0.3) is 98.8 Å². The minimum absolute atomic E-state index is 0.480. The summed E-state index contributed by atoms with van der Waals surface area (Å²) in [6.45, 7) is 0. The van der Waals surface area contributed by atoms with Crippen LogP contribution in [0, 0.1) is 0 Å². The quantitative estimate of drug-likeness (QED) is 0.171. The normalized spacial score (nSPS) is 21.8. The standard InChI is InChI=1S/C49H30O/c1-4-16-37-30(11-1)25-26-43-48-42(21-10-22-45(48)50-49(37)43)47-40-19-7-5-17-38(40)46(39-18-6-8-20-41(39)47)35-14-9-13-31(27-35)32-23-24-34-28-33-12-2-3-15-36(33)44(34)29-32/h1-27,29H,28H2/i1D,2D,3D,4D,5D,6D,7D,8D,9D,10D,11D,12D,13D,14D,15D,16D,17D,18D,19D,20D,21D,22D,23D,24D,25D,26D,27D,28D2,29D. The Morgan fingerprint density at radius 3 is 1.86 bits per heavy atom. The summed E-state index contributed by atoms with van der Waals surface area (Å²) in [6.07, 6.45) is -2.94. The van der Waals surface area contributed by atoms with Crippen LogP contribution in [0.2, 0.25) is 0 Å². The zero-order valence-electron chi connectivity index (χ0n) is 54.9. The second kappa shape index (κ2) is 10.5. The number of benzene rings is 9. The fourth-order valence-corrected chi connectivity index (χ4v) is 6.41. The Hall–Kier alpha value is -6.44. The molecule has 1 nitrogen and oxygen atoms in total. The maximum atomic E-state index is 9.95. The fourth-order valence-electron chi connectivity index (χ4n) is 6.41. The van der Waals surface area contributed by atoms with Crippen LogP contribution in [0.1, 0.15) is 52.2 Å². The van der Waals surface area contributed by atoms with Crippen LogP contribution in [0.3, 0.4) is 0 Å². The Bertz CT molecular complexity index is 4630. The van der Waals surface area contributed by atoms with Crippen LogP contribution < -0.4 is 0 Å². The van der Waals surface area contributed by atoms with Crippen LogP contribution in [-0.4, -0.2) is 0 Å². The zero-order chi connectivity index (χ0) is 58.9. The summed E-state index contributed by atoms with van der Waals surface area (Å²) < 4.78 is 279. The van der Waals surface area contributed by atoms with E-state index in [1.807, 2.05) is 0 Å². The topological polar surface area (TPSA) is 13.1 Å². The molecule has 0 spiro atoms. The molecule has 0 unspecified atom stereocenters. The molecule has 0 fully saturated rings. The summed E-state index contributed by atoms with van der Waals surface area (Å²) in [5.74, 6) is 0. The number of fused-ring (bicyclic) bond motifs is 10. The molecular weight excluding hydrogens is 605 g/mol. The van der Waals surface area contributed by atoms with Gasteiger partial charge in [0.05, 0.1) is 38.4 Å². The molecule has 0 atom stereocenters. The highest BCUT2D eigenvalue weighted by molar-refractivity contribution is 6.27. The molecule has 9 aromatic carbocycles.